The van der Waals surface area contributed by atoms with Crippen molar-refractivity contribution in [2.24, 2.45) is 5.92 Å². The average molecular weight is 803 g/mol. The van der Waals surface area contributed by atoms with Crippen LogP contribution in [0, 0.1) is 5.92 Å². The Balaban J connectivity index is 2.25. The summed E-state index contributed by atoms with van der Waals surface area (Å²) >= 11 is 2.95. The number of carbonyl (C=O) groups is 7. The number of aromatic hydroxyl groups is 1. The van der Waals surface area contributed by atoms with Gasteiger partial charge in [-0.15, -0.1) is 0 Å². The highest BCUT2D eigenvalue weighted by molar-refractivity contribution is 7.98. The second-order valence-electron chi connectivity index (χ2n) is 13.4. The van der Waals surface area contributed by atoms with Gasteiger partial charge in [0.1, 0.15) is 42.0 Å². The molecule has 2 rings (SSSR count). The summed E-state index contributed by atoms with van der Waals surface area (Å²) in [4.78, 5) is 90.7. The van der Waals surface area contributed by atoms with E-state index in [0.29, 0.717) is 35.5 Å². The number of carboxylic acids is 1. The van der Waals surface area contributed by atoms with Crippen LogP contribution in [0.5, 0.6) is 5.75 Å². The first-order valence-corrected chi connectivity index (χ1v) is 20.7. The molecule has 0 aliphatic heterocycles. The van der Waals surface area contributed by atoms with Gasteiger partial charge in [-0.2, -0.15) is 23.5 Å². The molecular weight excluding hydrogens is 749 g/mol. The van der Waals surface area contributed by atoms with Crippen LogP contribution in [0.25, 0.3) is 0 Å². The van der Waals surface area contributed by atoms with E-state index in [0.717, 1.165) is 0 Å². The molecule has 0 spiro atoms. The highest BCUT2D eigenvalue weighted by atomic mass is 32.2. The summed E-state index contributed by atoms with van der Waals surface area (Å²) in [6, 6.07) is 8.04. The lowest BCUT2D eigenvalue weighted by Crippen LogP contribution is -2.59. The second-order valence-corrected chi connectivity index (χ2v) is 15.4. The minimum atomic E-state index is -1.25. The first-order chi connectivity index (χ1) is 26.2. The van der Waals surface area contributed by atoms with Crippen LogP contribution in [0.2, 0.25) is 0 Å². The van der Waals surface area contributed by atoms with Gasteiger partial charge in [0.25, 0.3) is 0 Å². The Hall–Kier alpha value is -4.77. The summed E-state index contributed by atoms with van der Waals surface area (Å²) in [6.07, 6.45) is 4.84. The molecular formula is C38H54N6O9S2. The fourth-order valence-corrected chi connectivity index (χ4v) is 6.38. The van der Waals surface area contributed by atoms with E-state index in [1.54, 1.807) is 42.5 Å². The minimum Gasteiger partial charge on any atom is -0.508 e. The van der Waals surface area contributed by atoms with Crippen LogP contribution >= 0.6 is 23.5 Å². The highest BCUT2D eigenvalue weighted by Crippen LogP contribution is 2.13. The Labute approximate surface area is 330 Å². The SMILES string of the molecule is CSCC[C@H](NC=O)C(=O)N[C@@H](CCSC)C(=O)N[C@@H](Cc1ccc(O)cc1)C(=O)N[C@@H](C)C(=O)N[C@@H](CC(C)C)C(=O)N[C@@H](Cc1ccccc1)C(=O)O. The molecule has 2 aromatic rings. The van der Waals surface area contributed by atoms with E-state index in [2.05, 4.69) is 31.9 Å². The van der Waals surface area contributed by atoms with Gasteiger partial charge in [-0.3, -0.25) is 28.8 Å². The van der Waals surface area contributed by atoms with Crippen molar-refractivity contribution < 1.29 is 43.8 Å². The lowest BCUT2D eigenvalue weighted by atomic mass is 10.0. The third-order valence-electron chi connectivity index (χ3n) is 8.44. The molecule has 6 amide bonds. The van der Waals surface area contributed by atoms with E-state index in [1.165, 1.54) is 42.6 Å². The maximum atomic E-state index is 13.8. The molecule has 8 N–H and O–H groups in total. The predicted octanol–water partition coefficient (Wildman–Crippen LogP) is 1.37. The summed E-state index contributed by atoms with van der Waals surface area (Å²) in [5.41, 5.74) is 1.28. The largest absolute Gasteiger partial charge is 0.508 e. The van der Waals surface area contributed by atoms with Crippen LogP contribution < -0.4 is 31.9 Å². The van der Waals surface area contributed by atoms with Crippen molar-refractivity contribution in [2.75, 3.05) is 24.0 Å². The Morgan fingerprint density at radius 2 is 1.09 bits per heavy atom. The highest BCUT2D eigenvalue weighted by Gasteiger charge is 2.32. The molecule has 0 saturated heterocycles. The molecule has 17 heteroatoms. The molecule has 0 radical (unpaired) electrons. The van der Waals surface area contributed by atoms with E-state index in [-0.39, 0.29) is 37.4 Å². The van der Waals surface area contributed by atoms with E-state index in [4.69, 9.17) is 0 Å². The molecule has 0 bridgehead atoms. The van der Waals surface area contributed by atoms with E-state index < -0.39 is 71.8 Å². The summed E-state index contributed by atoms with van der Waals surface area (Å²) in [5.74, 6) is -3.61. The Bertz CT molecular complexity index is 1570. The van der Waals surface area contributed by atoms with Crippen molar-refractivity contribution in [1.82, 2.24) is 31.9 Å². The lowest BCUT2D eigenvalue weighted by Gasteiger charge is -2.27. The molecule has 2 aromatic carbocycles. The van der Waals surface area contributed by atoms with Crippen LogP contribution in [0.4, 0.5) is 0 Å². The van der Waals surface area contributed by atoms with Gasteiger partial charge in [-0.05, 0) is 79.4 Å². The summed E-state index contributed by atoms with van der Waals surface area (Å²) < 4.78 is 0. The molecule has 302 valence electrons. The van der Waals surface area contributed by atoms with Gasteiger partial charge in [0.05, 0.1) is 0 Å². The van der Waals surface area contributed by atoms with Crippen molar-refractivity contribution in [1.29, 1.82) is 0 Å². The number of thioether (sulfide) groups is 2. The molecule has 0 unspecified atom stereocenters. The molecule has 0 saturated carbocycles. The molecule has 55 heavy (non-hydrogen) atoms. The van der Waals surface area contributed by atoms with Crippen LogP contribution in [0.1, 0.15) is 51.2 Å². The molecule has 0 aliphatic carbocycles. The maximum absolute atomic E-state index is 13.8. The van der Waals surface area contributed by atoms with Gasteiger partial charge in [0.15, 0.2) is 0 Å². The van der Waals surface area contributed by atoms with Crippen molar-refractivity contribution in [3.63, 3.8) is 0 Å². The normalized spacial score (nSPS) is 14.2. The fraction of sp³-hybridized carbons (Fsp3) is 0.500. The van der Waals surface area contributed by atoms with Gasteiger partial charge in [-0.25, -0.2) is 4.79 Å². The van der Waals surface area contributed by atoms with E-state index in [1.807, 2.05) is 26.4 Å². The number of hydrogen-bond acceptors (Lipinski definition) is 10. The number of carboxylic acid groups (broad SMARTS) is 1. The Kier molecular flexibility index (Phi) is 20.7. The smallest absolute Gasteiger partial charge is 0.326 e. The van der Waals surface area contributed by atoms with Crippen molar-refractivity contribution >= 4 is 65.4 Å². The fourth-order valence-electron chi connectivity index (χ4n) is 5.44. The summed E-state index contributed by atoms with van der Waals surface area (Å²) in [5, 5.41) is 35.3. The zero-order valence-electron chi connectivity index (χ0n) is 31.8. The van der Waals surface area contributed by atoms with Crippen LogP contribution in [-0.4, -0.2) is 112 Å². The van der Waals surface area contributed by atoms with E-state index >= 15 is 0 Å². The number of aliphatic carboxylic acids is 1. The standard InChI is InChI=1S/C38H54N6O9S2/c1-23(2)19-30(37(51)44-32(38(52)53)21-25-9-7-6-8-10-25)42-33(47)24(3)40-36(50)31(20-26-11-13-27(46)14-12-26)43-35(49)29(16-18-55-5)41-34(48)28(39-22-45)15-17-54-4/h6-14,22-24,28-32,46H,15-21H2,1-5H3,(H,39,45)(H,40,50)(H,41,48)(H,42,47)(H,43,49)(H,44,51)(H,52,53)/t24-,28-,29-,30-,31-,32-/m0/s1. The number of hydrogen-bond donors (Lipinski definition) is 8. The molecule has 6 atom stereocenters. The second kappa shape index (κ2) is 24.6. The number of carbonyl (C=O) groups excluding carboxylic acids is 6. The quantitative estimate of drug-likeness (QED) is 0.0669. The molecule has 0 aliphatic rings. The minimum absolute atomic E-state index is 0.00591. The number of phenols is 1. The number of amides is 6. The Morgan fingerprint density at radius 3 is 1.65 bits per heavy atom. The summed E-state index contributed by atoms with van der Waals surface area (Å²) in [7, 11) is 0. The van der Waals surface area contributed by atoms with Gasteiger partial charge in [-0.1, -0.05) is 56.3 Å². The van der Waals surface area contributed by atoms with Gasteiger partial charge in [0.2, 0.25) is 35.9 Å². The summed E-state index contributed by atoms with van der Waals surface area (Å²) in [6.45, 7) is 5.08. The zero-order chi connectivity index (χ0) is 40.9. The maximum Gasteiger partial charge on any atom is 0.326 e. The molecule has 0 aromatic heterocycles. The third-order valence-corrected chi connectivity index (χ3v) is 9.73. The van der Waals surface area contributed by atoms with Crippen molar-refractivity contribution in [2.45, 2.75) is 89.1 Å². The number of nitrogens with one attached hydrogen (secondary N) is 6. The number of benzene rings is 2. The Morgan fingerprint density at radius 1 is 0.618 bits per heavy atom. The van der Waals surface area contributed by atoms with E-state index in [9.17, 15) is 43.8 Å². The monoisotopic (exact) mass is 802 g/mol. The number of rotatable bonds is 25. The van der Waals surface area contributed by atoms with Gasteiger partial charge >= 0.3 is 5.97 Å². The third kappa shape index (κ3) is 17.1. The van der Waals surface area contributed by atoms with Crippen LogP contribution in [0.15, 0.2) is 54.6 Å². The molecule has 0 heterocycles. The average Bonchev–Trinajstić information content (AvgIpc) is 3.14. The molecule has 15 nitrogen and oxygen atoms in total. The zero-order valence-corrected chi connectivity index (χ0v) is 33.5. The predicted molar refractivity (Wildman–Crippen MR) is 213 cm³/mol. The van der Waals surface area contributed by atoms with Crippen molar-refractivity contribution in [3.05, 3.63) is 65.7 Å². The van der Waals surface area contributed by atoms with Crippen LogP contribution in [-0.2, 0) is 46.4 Å². The lowest BCUT2D eigenvalue weighted by molar-refractivity contribution is -0.142. The first-order valence-electron chi connectivity index (χ1n) is 17.9. The topological polar surface area (TPSA) is 232 Å². The van der Waals surface area contributed by atoms with Gasteiger partial charge in [0, 0.05) is 12.8 Å². The first kappa shape index (κ1) is 46.4. The number of phenolic OH excluding ortho intramolecular Hbond substituents is 1. The van der Waals surface area contributed by atoms with Crippen molar-refractivity contribution in [3.8, 4) is 5.75 Å². The van der Waals surface area contributed by atoms with Gasteiger partial charge < -0.3 is 42.1 Å². The van der Waals surface area contributed by atoms with Crippen LogP contribution in [0.3, 0.4) is 0 Å². The molecule has 0 fully saturated rings.